The topological polar surface area (TPSA) is 48.3 Å². The van der Waals surface area contributed by atoms with Crippen LogP contribution < -0.4 is 14.8 Å². The van der Waals surface area contributed by atoms with Gasteiger partial charge < -0.3 is 19.4 Å². The van der Waals surface area contributed by atoms with Gasteiger partial charge in [-0.1, -0.05) is 29.8 Å². The van der Waals surface area contributed by atoms with E-state index in [0.29, 0.717) is 18.0 Å². The molecule has 0 atom stereocenters. The summed E-state index contributed by atoms with van der Waals surface area (Å²) in [6, 6.07) is 13.6. The van der Waals surface area contributed by atoms with E-state index in [4.69, 9.17) is 21.1 Å². The molecule has 1 aromatic heterocycles. The monoisotopic (exact) mass is 357 g/mol. The van der Waals surface area contributed by atoms with Crippen LogP contribution in [-0.2, 0) is 13.6 Å². The number of halogens is 1. The highest BCUT2D eigenvalue weighted by Gasteiger charge is 2.09. The molecule has 0 aliphatic carbocycles. The van der Waals surface area contributed by atoms with Crippen molar-refractivity contribution < 1.29 is 9.47 Å². The molecular weight excluding hydrogens is 338 g/mol. The van der Waals surface area contributed by atoms with Crippen LogP contribution in [-0.4, -0.2) is 23.8 Å². The molecule has 5 nitrogen and oxygen atoms in total. The molecule has 0 aliphatic rings. The molecule has 130 valence electrons. The third-order valence-corrected chi connectivity index (χ3v) is 4.28. The van der Waals surface area contributed by atoms with Crippen molar-refractivity contribution in [3.8, 4) is 22.8 Å². The second-order valence-electron chi connectivity index (χ2n) is 5.58. The Morgan fingerprint density at radius 2 is 1.76 bits per heavy atom. The van der Waals surface area contributed by atoms with Crippen molar-refractivity contribution in [2.45, 2.75) is 6.54 Å². The van der Waals surface area contributed by atoms with Gasteiger partial charge in [0.25, 0.3) is 0 Å². The van der Waals surface area contributed by atoms with Crippen molar-refractivity contribution in [3.63, 3.8) is 0 Å². The summed E-state index contributed by atoms with van der Waals surface area (Å²) in [4.78, 5) is 4.47. The normalized spacial score (nSPS) is 10.6. The Kier molecular flexibility index (Phi) is 5.14. The molecule has 0 unspecified atom stereocenters. The van der Waals surface area contributed by atoms with Gasteiger partial charge in [-0.2, -0.15) is 0 Å². The predicted molar refractivity (Wildman–Crippen MR) is 101 cm³/mol. The van der Waals surface area contributed by atoms with Crippen LogP contribution in [0.4, 0.5) is 5.95 Å². The number of nitrogens with zero attached hydrogens (tertiary/aromatic N) is 2. The van der Waals surface area contributed by atoms with Crippen LogP contribution in [0, 0.1) is 0 Å². The second kappa shape index (κ2) is 7.49. The molecule has 3 aromatic rings. The first-order valence-electron chi connectivity index (χ1n) is 7.85. The minimum absolute atomic E-state index is 0.630. The van der Waals surface area contributed by atoms with Crippen molar-refractivity contribution in [3.05, 3.63) is 59.2 Å². The number of anilines is 1. The summed E-state index contributed by atoms with van der Waals surface area (Å²) in [5, 5.41) is 4.07. The van der Waals surface area contributed by atoms with E-state index in [1.165, 1.54) is 0 Å². The highest BCUT2D eigenvalue weighted by molar-refractivity contribution is 6.30. The minimum atomic E-state index is 0.630. The van der Waals surface area contributed by atoms with E-state index in [-0.39, 0.29) is 0 Å². The molecule has 0 amide bonds. The predicted octanol–water partition coefficient (Wildman–Crippen LogP) is 4.37. The standard InChI is InChI=1S/C19H20ClN3O2/c1-23-16(14-5-7-15(20)8-6-14)12-22-19(23)21-11-13-4-9-17(24-2)18(10-13)25-3/h4-10,12H,11H2,1-3H3,(H,21,22). The second-order valence-corrected chi connectivity index (χ2v) is 6.01. The van der Waals surface area contributed by atoms with E-state index in [2.05, 4.69) is 10.3 Å². The third kappa shape index (κ3) is 3.72. The maximum Gasteiger partial charge on any atom is 0.203 e. The number of aromatic nitrogens is 2. The maximum atomic E-state index is 5.95. The van der Waals surface area contributed by atoms with Crippen molar-refractivity contribution in [2.75, 3.05) is 19.5 Å². The van der Waals surface area contributed by atoms with Gasteiger partial charge in [0.15, 0.2) is 11.5 Å². The quantitative estimate of drug-likeness (QED) is 0.711. The van der Waals surface area contributed by atoms with Gasteiger partial charge in [0.05, 0.1) is 26.1 Å². The van der Waals surface area contributed by atoms with E-state index >= 15 is 0 Å². The summed E-state index contributed by atoms with van der Waals surface area (Å²) >= 11 is 5.95. The molecule has 2 aromatic carbocycles. The van der Waals surface area contributed by atoms with Crippen LogP contribution in [0.5, 0.6) is 11.5 Å². The molecule has 1 N–H and O–H groups in total. The van der Waals surface area contributed by atoms with Crippen LogP contribution in [0.1, 0.15) is 5.56 Å². The number of benzene rings is 2. The van der Waals surface area contributed by atoms with Crippen molar-refractivity contribution in [1.82, 2.24) is 9.55 Å². The SMILES string of the molecule is COc1ccc(CNc2ncc(-c3ccc(Cl)cc3)n2C)cc1OC. The number of nitrogens with one attached hydrogen (secondary N) is 1. The molecule has 0 bridgehead atoms. The molecule has 0 radical (unpaired) electrons. The Bertz CT molecular complexity index is 860. The molecule has 25 heavy (non-hydrogen) atoms. The van der Waals surface area contributed by atoms with Crippen LogP contribution in [0.15, 0.2) is 48.7 Å². The van der Waals surface area contributed by atoms with Gasteiger partial charge in [0.2, 0.25) is 5.95 Å². The lowest BCUT2D eigenvalue weighted by molar-refractivity contribution is 0.354. The first-order chi connectivity index (χ1) is 12.1. The van der Waals surface area contributed by atoms with Crippen LogP contribution in [0.25, 0.3) is 11.3 Å². The summed E-state index contributed by atoms with van der Waals surface area (Å²) in [5.41, 5.74) is 3.17. The Balaban J connectivity index is 1.75. The van der Waals surface area contributed by atoms with E-state index < -0.39 is 0 Å². The van der Waals surface area contributed by atoms with Crippen LogP contribution >= 0.6 is 11.6 Å². The first kappa shape index (κ1) is 17.2. The molecule has 1 heterocycles. The molecule has 0 fully saturated rings. The van der Waals surface area contributed by atoms with Crippen molar-refractivity contribution >= 4 is 17.5 Å². The van der Waals surface area contributed by atoms with Crippen LogP contribution in [0.3, 0.4) is 0 Å². The lowest BCUT2D eigenvalue weighted by atomic mass is 10.2. The first-order valence-corrected chi connectivity index (χ1v) is 8.22. The molecule has 3 rings (SSSR count). The summed E-state index contributed by atoms with van der Waals surface area (Å²) < 4.78 is 12.6. The zero-order chi connectivity index (χ0) is 17.8. The number of methoxy groups -OCH3 is 2. The highest BCUT2D eigenvalue weighted by atomic mass is 35.5. The van der Waals surface area contributed by atoms with Gasteiger partial charge in [-0.05, 0) is 35.4 Å². The van der Waals surface area contributed by atoms with Crippen LogP contribution in [0.2, 0.25) is 5.02 Å². The highest BCUT2D eigenvalue weighted by Crippen LogP contribution is 2.28. The van der Waals surface area contributed by atoms with Gasteiger partial charge in [0, 0.05) is 18.6 Å². The fourth-order valence-electron chi connectivity index (χ4n) is 2.63. The number of hydrogen-bond acceptors (Lipinski definition) is 4. The number of hydrogen-bond donors (Lipinski definition) is 1. The third-order valence-electron chi connectivity index (χ3n) is 4.03. The van der Waals surface area contributed by atoms with Gasteiger partial charge in [-0.3, -0.25) is 0 Å². The fourth-order valence-corrected chi connectivity index (χ4v) is 2.76. The van der Waals surface area contributed by atoms with Gasteiger partial charge in [-0.25, -0.2) is 4.98 Å². The molecule has 6 heteroatoms. The summed E-state index contributed by atoms with van der Waals surface area (Å²) in [6.45, 7) is 0.630. The fraction of sp³-hybridized carbons (Fsp3) is 0.211. The van der Waals surface area contributed by atoms with Crippen molar-refractivity contribution in [1.29, 1.82) is 0 Å². The average molecular weight is 358 g/mol. The van der Waals surface area contributed by atoms with Gasteiger partial charge >= 0.3 is 0 Å². The largest absolute Gasteiger partial charge is 0.493 e. The van der Waals surface area contributed by atoms with E-state index in [1.807, 2.05) is 60.3 Å². The Morgan fingerprint density at radius 1 is 1.04 bits per heavy atom. The van der Waals surface area contributed by atoms with E-state index in [0.717, 1.165) is 27.8 Å². The molecular formula is C19H20ClN3O2. The average Bonchev–Trinajstić information content (AvgIpc) is 3.01. The van der Waals surface area contributed by atoms with Gasteiger partial charge in [-0.15, -0.1) is 0 Å². The molecule has 0 spiro atoms. The number of ether oxygens (including phenoxy) is 2. The van der Waals surface area contributed by atoms with Crippen molar-refractivity contribution in [2.24, 2.45) is 7.05 Å². The molecule has 0 aliphatic heterocycles. The Hall–Kier alpha value is -2.66. The number of imidazole rings is 1. The zero-order valence-corrected chi connectivity index (χ0v) is 15.2. The summed E-state index contributed by atoms with van der Waals surface area (Å²) in [6.07, 6.45) is 1.85. The number of rotatable bonds is 6. The lowest BCUT2D eigenvalue weighted by Crippen LogP contribution is -2.06. The minimum Gasteiger partial charge on any atom is -0.493 e. The lowest BCUT2D eigenvalue weighted by Gasteiger charge is -2.11. The Labute approximate surface area is 152 Å². The zero-order valence-electron chi connectivity index (χ0n) is 14.4. The maximum absolute atomic E-state index is 5.95. The molecule has 0 saturated heterocycles. The van der Waals surface area contributed by atoms with E-state index in [9.17, 15) is 0 Å². The summed E-state index contributed by atoms with van der Waals surface area (Å²) in [5.74, 6) is 2.22. The Morgan fingerprint density at radius 3 is 2.44 bits per heavy atom. The molecule has 0 saturated carbocycles. The smallest absolute Gasteiger partial charge is 0.203 e. The summed E-state index contributed by atoms with van der Waals surface area (Å²) in [7, 11) is 5.24. The van der Waals surface area contributed by atoms with Gasteiger partial charge in [0.1, 0.15) is 0 Å². The van der Waals surface area contributed by atoms with E-state index in [1.54, 1.807) is 14.2 Å².